The molecule has 6 heteroatoms. The Kier molecular flexibility index (Phi) is 4.72. The van der Waals surface area contributed by atoms with Crippen molar-refractivity contribution in [3.63, 3.8) is 0 Å². The molecule has 0 aromatic heterocycles. The maximum Gasteiger partial charge on any atom is 0.293 e. The lowest BCUT2D eigenvalue weighted by molar-refractivity contribution is -0.384. The summed E-state index contributed by atoms with van der Waals surface area (Å²) in [6, 6.07) is 4.19. The standard InChI is InChI=1S/C11H15ClN2O3/c1-7(2)10(6-15)13-9-4-3-8(12)5-11(9)14(16)17/h3-5,7,10,13,15H,6H2,1-2H3/t10-/m1/s1. The highest BCUT2D eigenvalue weighted by atomic mass is 35.5. The Morgan fingerprint density at radius 3 is 2.65 bits per heavy atom. The van der Waals surface area contributed by atoms with Crippen molar-refractivity contribution in [2.24, 2.45) is 5.92 Å². The summed E-state index contributed by atoms with van der Waals surface area (Å²) < 4.78 is 0. The highest BCUT2D eigenvalue weighted by molar-refractivity contribution is 6.30. The number of benzene rings is 1. The van der Waals surface area contributed by atoms with E-state index in [-0.39, 0.29) is 24.3 Å². The number of aliphatic hydroxyl groups is 1. The van der Waals surface area contributed by atoms with E-state index in [2.05, 4.69) is 5.32 Å². The van der Waals surface area contributed by atoms with Gasteiger partial charge in [-0.15, -0.1) is 0 Å². The van der Waals surface area contributed by atoms with Crippen LogP contribution in [0.15, 0.2) is 18.2 Å². The van der Waals surface area contributed by atoms with Gasteiger partial charge in [0.05, 0.1) is 17.6 Å². The first kappa shape index (κ1) is 13.7. The van der Waals surface area contributed by atoms with Crippen LogP contribution >= 0.6 is 11.6 Å². The molecule has 1 aromatic carbocycles. The van der Waals surface area contributed by atoms with Crippen LogP contribution in [0.5, 0.6) is 0 Å². The molecule has 0 aliphatic heterocycles. The van der Waals surface area contributed by atoms with Crippen LogP contribution in [0, 0.1) is 16.0 Å². The largest absolute Gasteiger partial charge is 0.394 e. The lowest BCUT2D eigenvalue weighted by atomic mass is 10.0. The number of nitrogens with zero attached hydrogens (tertiary/aromatic N) is 1. The van der Waals surface area contributed by atoms with Gasteiger partial charge < -0.3 is 10.4 Å². The van der Waals surface area contributed by atoms with Gasteiger partial charge >= 0.3 is 0 Å². The van der Waals surface area contributed by atoms with E-state index in [0.29, 0.717) is 10.7 Å². The Labute approximate surface area is 105 Å². The van der Waals surface area contributed by atoms with Gasteiger partial charge in [-0.1, -0.05) is 25.4 Å². The van der Waals surface area contributed by atoms with Crippen molar-refractivity contribution < 1.29 is 10.0 Å². The van der Waals surface area contributed by atoms with Crippen molar-refractivity contribution in [3.8, 4) is 0 Å². The quantitative estimate of drug-likeness (QED) is 0.629. The molecule has 0 bridgehead atoms. The molecule has 17 heavy (non-hydrogen) atoms. The number of nitro benzene ring substituents is 1. The maximum atomic E-state index is 10.9. The van der Waals surface area contributed by atoms with Crippen LogP contribution in [-0.4, -0.2) is 22.7 Å². The molecule has 1 rings (SSSR count). The summed E-state index contributed by atoms with van der Waals surface area (Å²) in [4.78, 5) is 10.4. The first-order valence-corrected chi connectivity index (χ1v) is 5.64. The molecule has 0 aliphatic rings. The summed E-state index contributed by atoms with van der Waals surface area (Å²) in [6.45, 7) is 3.77. The highest BCUT2D eigenvalue weighted by Crippen LogP contribution is 2.28. The van der Waals surface area contributed by atoms with E-state index in [1.165, 1.54) is 6.07 Å². The van der Waals surface area contributed by atoms with E-state index in [0.717, 1.165) is 0 Å². The third-order valence-electron chi connectivity index (χ3n) is 2.50. The van der Waals surface area contributed by atoms with Crippen LogP contribution in [0.3, 0.4) is 0 Å². The summed E-state index contributed by atoms with van der Waals surface area (Å²) in [5.74, 6) is 0.162. The fourth-order valence-corrected chi connectivity index (χ4v) is 1.57. The van der Waals surface area contributed by atoms with Gasteiger partial charge in [-0.05, 0) is 18.1 Å². The molecule has 0 spiro atoms. The van der Waals surface area contributed by atoms with E-state index < -0.39 is 4.92 Å². The Bertz CT molecular complexity index is 410. The first-order valence-electron chi connectivity index (χ1n) is 5.27. The van der Waals surface area contributed by atoms with Gasteiger partial charge in [0, 0.05) is 11.1 Å². The van der Waals surface area contributed by atoms with Crippen LogP contribution in [0.4, 0.5) is 11.4 Å². The Morgan fingerprint density at radius 1 is 1.53 bits per heavy atom. The van der Waals surface area contributed by atoms with E-state index in [9.17, 15) is 15.2 Å². The van der Waals surface area contributed by atoms with Crippen molar-refractivity contribution in [1.82, 2.24) is 0 Å². The van der Waals surface area contributed by atoms with E-state index in [1.54, 1.807) is 12.1 Å². The van der Waals surface area contributed by atoms with Gasteiger partial charge in [-0.25, -0.2) is 0 Å². The second kappa shape index (κ2) is 5.84. The minimum absolute atomic E-state index is 0.0859. The van der Waals surface area contributed by atoms with Crippen LogP contribution in [0.25, 0.3) is 0 Å². The van der Waals surface area contributed by atoms with Gasteiger partial charge in [-0.2, -0.15) is 0 Å². The zero-order valence-electron chi connectivity index (χ0n) is 9.68. The van der Waals surface area contributed by atoms with Crippen LogP contribution in [0.2, 0.25) is 5.02 Å². The number of halogens is 1. The van der Waals surface area contributed by atoms with Crippen molar-refractivity contribution in [2.45, 2.75) is 19.9 Å². The third kappa shape index (κ3) is 3.57. The summed E-state index contributed by atoms with van der Waals surface area (Å²) in [5, 5.41) is 23.3. The molecule has 1 aromatic rings. The second-order valence-corrected chi connectivity index (χ2v) is 4.53. The maximum absolute atomic E-state index is 10.9. The molecule has 0 radical (unpaired) electrons. The average Bonchev–Trinajstić information content (AvgIpc) is 2.26. The van der Waals surface area contributed by atoms with E-state index in [4.69, 9.17) is 11.6 Å². The minimum atomic E-state index is -0.497. The van der Waals surface area contributed by atoms with E-state index in [1.807, 2.05) is 13.8 Å². The van der Waals surface area contributed by atoms with Gasteiger partial charge in [0.25, 0.3) is 5.69 Å². The van der Waals surface area contributed by atoms with Crippen molar-refractivity contribution in [2.75, 3.05) is 11.9 Å². The van der Waals surface area contributed by atoms with Crippen LogP contribution in [-0.2, 0) is 0 Å². The van der Waals surface area contributed by atoms with Gasteiger partial charge in [0.1, 0.15) is 5.69 Å². The number of hydrogen-bond donors (Lipinski definition) is 2. The number of anilines is 1. The second-order valence-electron chi connectivity index (χ2n) is 4.10. The number of rotatable bonds is 5. The molecule has 0 amide bonds. The molecule has 0 saturated heterocycles. The summed E-state index contributed by atoms with van der Waals surface area (Å²) >= 11 is 5.71. The van der Waals surface area contributed by atoms with Crippen LogP contribution in [0.1, 0.15) is 13.8 Å². The van der Waals surface area contributed by atoms with Gasteiger partial charge in [-0.3, -0.25) is 10.1 Å². The normalized spacial score (nSPS) is 12.5. The van der Waals surface area contributed by atoms with Gasteiger partial charge in [0.2, 0.25) is 0 Å². The molecule has 2 N–H and O–H groups in total. The molecule has 94 valence electrons. The lowest BCUT2D eigenvalue weighted by Gasteiger charge is -2.21. The SMILES string of the molecule is CC(C)[C@@H](CO)Nc1ccc(Cl)cc1[N+](=O)[O-]. The Balaban J connectivity index is 3.01. The molecule has 0 heterocycles. The highest BCUT2D eigenvalue weighted by Gasteiger charge is 2.19. The predicted octanol–water partition coefficient (Wildman–Crippen LogP) is 2.68. The molecule has 0 saturated carbocycles. The van der Waals surface area contributed by atoms with Crippen molar-refractivity contribution in [1.29, 1.82) is 0 Å². The molecule has 5 nitrogen and oxygen atoms in total. The molecule has 0 fully saturated rings. The summed E-state index contributed by atoms with van der Waals surface area (Å²) in [5.41, 5.74) is 0.281. The van der Waals surface area contributed by atoms with Crippen molar-refractivity contribution in [3.05, 3.63) is 33.3 Å². The van der Waals surface area contributed by atoms with Crippen molar-refractivity contribution >= 4 is 23.0 Å². The minimum Gasteiger partial charge on any atom is -0.394 e. The smallest absolute Gasteiger partial charge is 0.293 e. The number of aliphatic hydroxyl groups excluding tert-OH is 1. The topological polar surface area (TPSA) is 75.4 Å². The zero-order valence-corrected chi connectivity index (χ0v) is 10.4. The Morgan fingerprint density at radius 2 is 2.18 bits per heavy atom. The Hall–Kier alpha value is -1.33. The fourth-order valence-electron chi connectivity index (χ4n) is 1.40. The molecule has 0 unspecified atom stereocenters. The number of nitrogens with one attached hydrogen (secondary N) is 1. The first-order chi connectivity index (χ1) is 7.95. The molecular weight excluding hydrogens is 244 g/mol. The van der Waals surface area contributed by atoms with Gasteiger partial charge in [0.15, 0.2) is 0 Å². The predicted molar refractivity (Wildman–Crippen MR) is 67.4 cm³/mol. The van der Waals surface area contributed by atoms with E-state index >= 15 is 0 Å². The average molecular weight is 259 g/mol. The monoisotopic (exact) mass is 258 g/mol. The molecule has 1 atom stereocenters. The van der Waals surface area contributed by atoms with Crippen LogP contribution < -0.4 is 5.32 Å². The lowest BCUT2D eigenvalue weighted by Crippen LogP contribution is -2.29. The fraction of sp³-hybridized carbons (Fsp3) is 0.455. The zero-order chi connectivity index (χ0) is 13.0. The number of nitro groups is 1. The number of hydrogen-bond acceptors (Lipinski definition) is 4. The summed E-state index contributed by atoms with van der Waals surface area (Å²) in [7, 11) is 0. The molecular formula is C11H15ClN2O3. The summed E-state index contributed by atoms with van der Waals surface area (Å²) in [6.07, 6.45) is 0. The molecule has 0 aliphatic carbocycles. The third-order valence-corrected chi connectivity index (χ3v) is 2.73.